The summed E-state index contributed by atoms with van der Waals surface area (Å²) >= 11 is 3.35. The van der Waals surface area contributed by atoms with Gasteiger partial charge in [0.2, 0.25) is 0 Å². The van der Waals surface area contributed by atoms with Crippen LogP contribution in [0.2, 0.25) is 0 Å². The van der Waals surface area contributed by atoms with E-state index in [1.807, 2.05) is 38.1 Å². The number of pyridine rings is 1. The Kier molecular flexibility index (Phi) is 4.18. The molecule has 1 aromatic carbocycles. The minimum absolute atomic E-state index is 0.491. The minimum Gasteiger partial charge on any atom is -0.454 e. The van der Waals surface area contributed by atoms with Crippen molar-refractivity contribution in [1.82, 2.24) is 4.98 Å². The first-order valence-corrected chi connectivity index (χ1v) is 6.78. The molecule has 0 bridgehead atoms. The highest BCUT2D eigenvalue weighted by molar-refractivity contribution is 9.10. The van der Waals surface area contributed by atoms with Gasteiger partial charge >= 0.3 is 0 Å². The second-order valence-electron chi connectivity index (χ2n) is 4.08. The molecule has 0 saturated carbocycles. The maximum atomic E-state index is 9.17. The Morgan fingerprint density at radius 3 is 2.74 bits per heavy atom. The molecule has 0 unspecified atom stereocenters. The first kappa shape index (κ1) is 13.6. The molecule has 1 aromatic heterocycles. The summed E-state index contributed by atoms with van der Waals surface area (Å²) in [4.78, 5) is 4.45. The van der Waals surface area contributed by atoms with Crippen molar-refractivity contribution in [2.45, 2.75) is 20.3 Å². The molecule has 0 spiro atoms. The maximum absolute atomic E-state index is 9.17. The molecule has 2 rings (SSSR count). The van der Waals surface area contributed by atoms with E-state index < -0.39 is 0 Å². The lowest BCUT2D eigenvalue weighted by molar-refractivity contribution is 0.471. The number of benzene rings is 1. The zero-order chi connectivity index (χ0) is 13.8. The van der Waals surface area contributed by atoms with Gasteiger partial charge in [-0.25, -0.2) is 0 Å². The quantitative estimate of drug-likeness (QED) is 0.844. The van der Waals surface area contributed by atoms with Crippen molar-refractivity contribution in [1.29, 1.82) is 5.26 Å². The van der Waals surface area contributed by atoms with Crippen molar-refractivity contribution in [3.8, 4) is 17.6 Å². The zero-order valence-corrected chi connectivity index (χ0v) is 12.4. The van der Waals surface area contributed by atoms with E-state index in [-0.39, 0.29) is 0 Å². The molecule has 96 valence electrons. The van der Waals surface area contributed by atoms with E-state index in [1.54, 1.807) is 6.07 Å². The van der Waals surface area contributed by atoms with E-state index >= 15 is 0 Å². The summed E-state index contributed by atoms with van der Waals surface area (Å²) in [5, 5.41) is 9.17. The molecule has 0 amide bonds. The van der Waals surface area contributed by atoms with Gasteiger partial charge in [-0.2, -0.15) is 5.26 Å². The average molecular weight is 317 g/mol. The van der Waals surface area contributed by atoms with Gasteiger partial charge in [0, 0.05) is 10.2 Å². The van der Waals surface area contributed by atoms with Crippen molar-refractivity contribution < 1.29 is 4.74 Å². The summed E-state index contributed by atoms with van der Waals surface area (Å²) in [5.74, 6) is 1.24. The summed E-state index contributed by atoms with van der Waals surface area (Å²) in [6, 6.07) is 11.4. The summed E-state index contributed by atoms with van der Waals surface area (Å²) < 4.78 is 6.57. The van der Waals surface area contributed by atoms with Crippen LogP contribution >= 0.6 is 15.9 Å². The predicted octanol–water partition coefficient (Wildman–Crippen LogP) is 4.38. The van der Waals surface area contributed by atoms with Crippen LogP contribution in [0.3, 0.4) is 0 Å². The molecule has 19 heavy (non-hydrogen) atoms. The molecule has 0 aliphatic rings. The Hall–Kier alpha value is -1.86. The van der Waals surface area contributed by atoms with Gasteiger partial charge in [0.25, 0.3) is 0 Å². The molecule has 0 aliphatic carbocycles. The maximum Gasteiger partial charge on any atom is 0.148 e. The molecule has 0 radical (unpaired) electrons. The predicted molar refractivity (Wildman–Crippen MR) is 77.3 cm³/mol. The van der Waals surface area contributed by atoms with E-state index in [0.717, 1.165) is 22.3 Å². The van der Waals surface area contributed by atoms with Gasteiger partial charge in [0.1, 0.15) is 23.1 Å². The molecule has 4 heteroatoms. The number of nitrogens with zero attached hydrogens (tertiary/aromatic N) is 2. The third kappa shape index (κ3) is 2.94. The van der Waals surface area contributed by atoms with E-state index in [4.69, 9.17) is 4.74 Å². The lowest BCUT2D eigenvalue weighted by Gasteiger charge is -2.11. The Labute approximate surface area is 121 Å². The average Bonchev–Trinajstić information content (AvgIpc) is 2.41. The van der Waals surface area contributed by atoms with E-state index in [2.05, 4.69) is 27.0 Å². The van der Waals surface area contributed by atoms with E-state index in [1.165, 1.54) is 0 Å². The van der Waals surface area contributed by atoms with Crippen LogP contribution in [0, 0.1) is 18.3 Å². The topological polar surface area (TPSA) is 45.9 Å². The number of hydrogen-bond acceptors (Lipinski definition) is 3. The fraction of sp³-hybridized carbons (Fsp3) is 0.200. The first-order chi connectivity index (χ1) is 9.15. The lowest BCUT2D eigenvalue weighted by atomic mass is 10.2. The molecule has 3 nitrogen and oxygen atoms in total. The van der Waals surface area contributed by atoms with Crippen molar-refractivity contribution in [3.05, 3.63) is 51.8 Å². The van der Waals surface area contributed by atoms with Crippen LogP contribution in [0.15, 0.2) is 34.8 Å². The van der Waals surface area contributed by atoms with Crippen LogP contribution in [0.5, 0.6) is 11.5 Å². The van der Waals surface area contributed by atoms with Crippen molar-refractivity contribution in [2.75, 3.05) is 0 Å². The van der Waals surface area contributed by atoms with Gasteiger partial charge in [-0.05, 0) is 53.5 Å². The van der Waals surface area contributed by atoms with Gasteiger partial charge in [0.15, 0.2) is 0 Å². The third-order valence-corrected chi connectivity index (χ3v) is 3.37. The Balaban J connectivity index is 2.42. The number of ether oxygens (including phenoxy) is 1. The van der Waals surface area contributed by atoms with Crippen LogP contribution in [-0.4, -0.2) is 4.98 Å². The first-order valence-electron chi connectivity index (χ1n) is 5.98. The molecule has 0 fully saturated rings. The van der Waals surface area contributed by atoms with Gasteiger partial charge in [-0.1, -0.05) is 13.0 Å². The largest absolute Gasteiger partial charge is 0.454 e. The molecule has 1 heterocycles. The second-order valence-corrected chi connectivity index (χ2v) is 4.93. The molecule has 0 saturated heterocycles. The smallest absolute Gasteiger partial charge is 0.148 e. The van der Waals surface area contributed by atoms with Crippen molar-refractivity contribution >= 4 is 15.9 Å². The number of aryl methyl sites for hydroxylation is 2. The summed E-state index contributed by atoms with van der Waals surface area (Å²) in [7, 11) is 0. The van der Waals surface area contributed by atoms with Gasteiger partial charge in [-0.3, -0.25) is 4.98 Å². The summed E-state index contributed by atoms with van der Waals surface area (Å²) in [6.45, 7) is 3.98. The third-order valence-electron chi connectivity index (χ3n) is 2.71. The SMILES string of the molecule is CCc1nc(C)ccc1Oc1cccc(Br)c1C#N. The van der Waals surface area contributed by atoms with Crippen LogP contribution < -0.4 is 4.74 Å². The zero-order valence-electron chi connectivity index (χ0n) is 10.8. The van der Waals surface area contributed by atoms with Crippen molar-refractivity contribution in [3.63, 3.8) is 0 Å². The molecule has 0 N–H and O–H groups in total. The highest BCUT2D eigenvalue weighted by atomic mass is 79.9. The highest BCUT2D eigenvalue weighted by Crippen LogP contribution is 2.31. The second kappa shape index (κ2) is 5.85. The van der Waals surface area contributed by atoms with Gasteiger partial charge < -0.3 is 4.74 Å². The fourth-order valence-electron chi connectivity index (χ4n) is 1.76. The number of hydrogen-bond donors (Lipinski definition) is 0. The Morgan fingerprint density at radius 1 is 1.26 bits per heavy atom. The normalized spacial score (nSPS) is 10.0. The molecule has 0 atom stereocenters. The highest BCUT2D eigenvalue weighted by Gasteiger charge is 2.11. The minimum atomic E-state index is 0.491. The number of nitriles is 1. The monoisotopic (exact) mass is 316 g/mol. The van der Waals surface area contributed by atoms with Crippen LogP contribution in [0.4, 0.5) is 0 Å². The molecule has 2 aromatic rings. The molecular formula is C15H13BrN2O. The standard InChI is InChI=1S/C15H13BrN2O/c1-3-13-15(8-7-10(2)18-13)19-14-6-4-5-12(16)11(14)9-17/h4-8H,3H2,1-2H3. The molecular weight excluding hydrogens is 304 g/mol. The van der Waals surface area contributed by atoms with Crippen LogP contribution in [-0.2, 0) is 6.42 Å². The number of aromatic nitrogens is 1. The lowest BCUT2D eigenvalue weighted by Crippen LogP contribution is -1.97. The van der Waals surface area contributed by atoms with Gasteiger partial charge in [0.05, 0.1) is 5.69 Å². The summed E-state index contributed by atoms with van der Waals surface area (Å²) in [6.07, 6.45) is 0.785. The van der Waals surface area contributed by atoms with Crippen LogP contribution in [0.25, 0.3) is 0 Å². The van der Waals surface area contributed by atoms with Gasteiger partial charge in [-0.15, -0.1) is 0 Å². The number of halogens is 1. The van der Waals surface area contributed by atoms with Crippen LogP contribution in [0.1, 0.15) is 23.9 Å². The molecule has 0 aliphatic heterocycles. The summed E-state index contributed by atoms with van der Waals surface area (Å²) in [5.41, 5.74) is 2.34. The van der Waals surface area contributed by atoms with E-state index in [0.29, 0.717) is 17.1 Å². The van der Waals surface area contributed by atoms with Crippen molar-refractivity contribution in [2.24, 2.45) is 0 Å². The number of rotatable bonds is 3. The Morgan fingerprint density at radius 2 is 2.05 bits per heavy atom. The van der Waals surface area contributed by atoms with E-state index in [9.17, 15) is 5.26 Å². The fourth-order valence-corrected chi connectivity index (χ4v) is 2.20. The Bertz CT molecular complexity index is 647.